The number of aryl methyl sites for hydroxylation is 3. The number of rotatable bonds is 8. The number of allylic oxidation sites excluding steroid dienone is 2. The van der Waals surface area contributed by atoms with Gasteiger partial charge in [0.25, 0.3) is 0 Å². The highest BCUT2D eigenvalue weighted by Gasteiger charge is 2.21. The average molecular weight is 386 g/mol. The van der Waals surface area contributed by atoms with E-state index in [-0.39, 0.29) is 24.9 Å². The summed E-state index contributed by atoms with van der Waals surface area (Å²) in [6, 6.07) is 4.13. The maximum atomic E-state index is 12.8. The van der Waals surface area contributed by atoms with Gasteiger partial charge in [-0.3, -0.25) is 14.5 Å². The molecule has 2 rings (SSSR count). The third-order valence-corrected chi connectivity index (χ3v) is 5.12. The zero-order valence-electron chi connectivity index (χ0n) is 18.1. The van der Waals surface area contributed by atoms with Crippen LogP contribution in [0.5, 0.6) is 0 Å². The average Bonchev–Trinajstić information content (AvgIpc) is 2.63. The van der Waals surface area contributed by atoms with Crippen molar-refractivity contribution in [2.75, 3.05) is 32.0 Å². The number of benzene rings is 1. The number of amides is 2. The second-order valence-corrected chi connectivity index (χ2v) is 7.98. The molecule has 1 N–H and O–H groups in total. The molecule has 0 atom stereocenters. The first-order chi connectivity index (χ1) is 13.3. The Morgan fingerprint density at radius 3 is 2.32 bits per heavy atom. The fourth-order valence-corrected chi connectivity index (χ4v) is 3.89. The second kappa shape index (κ2) is 10.4. The second-order valence-electron chi connectivity index (χ2n) is 7.98. The highest BCUT2D eigenvalue weighted by atomic mass is 16.2. The number of likely N-dealkylation sites (N-methyl/N-ethyl adjacent to an activating group) is 1. The minimum atomic E-state index is -0.0933. The molecule has 0 spiro atoms. The van der Waals surface area contributed by atoms with E-state index in [9.17, 15) is 9.59 Å². The van der Waals surface area contributed by atoms with Crippen molar-refractivity contribution < 1.29 is 9.59 Å². The molecular weight excluding hydrogens is 350 g/mol. The molecule has 0 fully saturated rings. The van der Waals surface area contributed by atoms with Gasteiger partial charge in [0.05, 0.1) is 13.1 Å². The van der Waals surface area contributed by atoms with Crippen LogP contribution in [0.15, 0.2) is 23.9 Å². The fourth-order valence-electron chi connectivity index (χ4n) is 3.89. The molecule has 0 bridgehead atoms. The van der Waals surface area contributed by atoms with E-state index in [1.807, 2.05) is 25.8 Å². The molecule has 154 valence electrons. The van der Waals surface area contributed by atoms with Gasteiger partial charge in [-0.15, -0.1) is 0 Å². The molecule has 0 aliphatic heterocycles. The summed E-state index contributed by atoms with van der Waals surface area (Å²) in [5.41, 5.74) is 5.33. The van der Waals surface area contributed by atoms with Gasteiger partial charge in [-0.05, 0) is 71.0 Å². The van der Waals surface area contributed by atoms with Crippen LogP contribution in [0.1, 0.15) is 55.7 Å². The van der Waals surface area contributed by atoms with E-state index in [1.165, 1.54) is 12.0 Å². The Bertz CT molecular complexity index is 716. The fraction of sp³-hybridized carbons (Fsp3) is 0.565. The summed E-state index contributed by atoms with van der Waals surface area (Å²) in [6.45, 7) is 9.33. The first-order valence-electron chi connectivity index (χ1n) is 10.4. The van der Waals surface area contributed by atoms with Gasteiger partial charge in [0.1, 0.15) is 0 Å². The van der Waals surface area contributed by atoms with E-state index in [4.69, 9.17) is 0 Å². The Balaban J connectivity index is 1.94. The largest absolute Gasteiger partial charge is 0.324 e. The lowest BCUT2D eigenvalue weighted by molar-refractivity contribution is -0.130. The first-order valence-corrected chi connectivity index (χ1v) is 10.4. The van der Waals surface area contributed by atoms with Gasteiger partial charge in [0.15, 0.2) is 0 Å². The molecule has 1 aromatic carbocycles. The van der Waals surface area contributed by atoms with Crippen LogP contribution in [0.4, 0.5) is 5.69 Å². The molecule has 0 saturated carbocycles. The summed E-state index contributed by atoms with van der Waals surface area (Å²) in [6.07, 6.45) is 7.51. The highest BCUT2D eigenvalue weighted by Crippen LogP contribution is 2.23. The predicted molar refractivity (Wildman–Crippen MR) is 115 cm³/mol. The molecule has 1 aliphatic rings. The predicted octanol–water partition coefficient (Wildman–Crippen LogP) is 4.18. The van der Waals surface area contributed by atoms with Crippen LogP contribution in [0.2, 0.25) is 0 Å². The van der Waals surface area contributed by atoms with E-state index in [1.54, 1.807) is 4.90 Å². The smallest absolute Gasteiger partial charge is 0.240 e. The number of nitrogens with zero attached hydrogens (tertiary/aromatic N) is 2. The van der Waals surface area contributed by atoms with E-state index < -0.39 is 0 Å². The van der Waals surface area contributed by atoms with Crippen molar-refractivity contribution in [3.05, 3.63) is 40.6 Å². The van der Waals surface area contributed by atoms with Crippen molar-refractivity contribution in [3.8, 4) is 0 Å². The van der Waals surface area contributed by atoms with Gasteiger partial charge in [-0.25, -0.2) is 0 Å². The topological polar surface area (TPSA) is 52.7 Å². The maximum Gasteiger partial charge on any atom is 0.240 e. The Labute approximate surface area is 169 Å². The summed E-state index contributed by atoms with van der Waals surface area (Å²) >= 11 is 0. The highest BCUT2D eigenvalue weighted by molar-refractivity contribution is 5.94. The molecule has 1 aromatic rings. The van der Waals surface area contributed by atoms with E-state index >= 15 is 0 Å². The first kappa shape index (κ1) is 22.2. The lowest BCUT2D eigenvalue weighted by Gasteiger charge is -2.29. The monoisotopic (exact) mass is 385 g/mol. The Kier molecular flexibility index (Phi) is 8.24. The molecule has 0 unspecified atom stereocenters. The number of carbonyl (C=O) groups is 2. The number of hydrogen-bond acceptors (Lipinski definition) is 3. The van der Waals surface area contributed by atoms with Crippen molar-refractivity contribution in [1.82, 2.24) is 9.80 Å². The van der Waals surface area contributed by atoms with Crippen LogP contribution in [0, 0.1) is 20.8 Å². The van der Waals surface area contributed by atoms with Crippen LogP contribution in [-0.4, -0.2) is 48.3 Å². The molecule has 28 heavy (non-hydrogen) atoms. The molecule has 0 heterocycles. The molecular formula is C23H35N3O2. The molecule has 0 radical (unpaired) electrons. The third kappa shape index (κ3) is 6.20. The summed E-state index contributed by atoms with van der Waals surface area (Å²) in [5.74, 6) is -0.0164. The molecule has 1 aliphatic carbocycles. The van der Waals surface area contributed by atoms with Crippen LogP contribution in [0.3, 0.4) is 0 Å². The molecule has 5 nitrogen and oxygen atoms in total. The van der Waals surface area contributed by atoms with E-state index in [2.05, 4.69) is 37.4 Å². The maximum absolute atomic E-state index is 12.8. The molecule has 2 amide bonds. The zero-order valence-corrected chi connectivity index (χ0v) is 18.1. The number of nitrogens with one attached hydrogen (secondary N) is 1. The van der Waals surface area contributed by atoms with Gasteiger partial charge >= 0.3 is 0 Å². The Morgan fingerprint density at radius 1 is 1.07 bits per heavy atom. The van der Waals surface area contributed by atoms with Gasteiger partial charge in [0.2, 0.25) is 11.8 Å². The summed E-state index contributed by atoms with van der Waals surface area (Å²) in [5, 5.41) is 3.01. The number of anilines is 1. The Hall–Kier alpha value is -2.14. The SMILES string of the molecule is CCCN(C(=O)CN(C)CC(=O)Nc1c(C)cc(C)cc1C)C1=CCCCC1. The number of hydrogen-bond donors (Lipinski definition) is 1. The molecule has 0 saturated heterocycles. The molecule has 0 aromatic heterocycles. The van der Waals surface area contributed by atoms with Gasteiger partial charge in [0, 0.05) is 17.9 Å². The van der Waals surface area contributed by atoms with Crippen molar-refractivity contribution in [2.24, 2.45) is 0 Å². The van der Waals surface area contributed by atoms with Crippen LogP contribution in [0.25, 0.3) is 0 Å². The van der Waals surface area contributed by atoms with Crippen molar-refractivity contribution in [1.29, 1.82) is 0 Å². The summed E-state index contributed by atoms with van der Waals surface area (Å²) in [7, 11) is 1.83. The van der Waals surface area contributed by atoms with Crippen LogP contribution in [-0.2, 0) is 9.59 Å². The normalized spacial score (nSPS) is 14.0. The number of carbonyl (C=O) groups excluding carboxylic acids is 2. The van der Waals surface area contributed by atoms with Gasteiger partial charge in [-0.1, -0.05) is 30.7 Å². The molecule has 5 heteroatoms. The van der Waals surface area contributed by atoms with Crippen molar-refractivity contribution >= 4 is 17.5 Å². The zero-order chi connectivity index (χ0) is 20.7. The van der Waals surface area contributed by atoms with Gasteiger partial charge in [-0.2, -0.15) is 0 Å². The quantitative estimate of drug-likeness (QED) is 0.730. The minimum absolute atomic E-state index is 0.0768. The standard InChI is InChI=1S/C23H35N3O2/c1-6-12-26(20-10-8-7-9-11-20)22(28)16-25(5)15-21(27)24-23-18(3)13-17(2)14-19(23)4/h10,13-14H,6-9,11-12,15-16H2,1-5H3,(H,24,27). The lowest BCUT2D eigenvalue weighted by atomic mass is 10.0. The van der Waals surface area contributed by atoms with E-state index in [0.717, 1.165) is 54.7 Å². The van der Waals surface area contributed by atoms with Crippen LogP contribution >= 0.6 is 0 Å². The van der Waals surface area contributed by atoms with Crippen molar-refractivity contribution in [3.63, 3.8) is 0 Å². The van der Waals surface area contributed by atoms with E-state index in [0.29, 0.717) is 0 Å². The van der Waals surface area contributed by atoms with Gasteiger partial charge < -0.3 is 10.2 Å². The third-order valence-electron chi connectivity index (χ3n) is 5.12. The minimum Gasteiger partial charge on any atom is -0.324 e. The van der Waals surface area contributed by atoms with Crippen molar-refractivity contribution in [2.45, 2.75) is 59.8 Å². The summed E-state index contributed by atoms with van der Waals surface area (Å²) < 4.78 is 0. The lowest BCUT2D eigenvalue weighted by Crippen LogP contribution is -2.41. The Morgan fingerprint density at radius 2 is 1.75 bits per heavy atom. The van der Waals surface area contributed by atoms with Crippen LogP contribution < -0.4 is 5.32 Å². The summed E-state index contributed by atoms with van der Waals surface area (Å²) in [4.78, 5) is 29.1.